The molecule has 2 aliphatic rings. The van der Waals surface area contributed by atoms with Crippen LogP contribution < -0.4 is 4.90 Å². The van der Waals surface area contributed by atoms with Crippen molar-refractivity contribution in [3.63, 3.8) is 0 Å². The van der Waals surface area contributed by atoms with E-state index in [0.29, 0.717) is 24.8 Å². The van der Waals surface area contributed by atoms with E-state index < -0.39 is 12.0 Å². The largest absolute Gasteiger partial charge is 0.453 e. The maximum atomic E-state index is 13.0. The second-order valence-corrected chi connectivity index (χ2v) is 7.01. The van der Waals surface area contributed by atoms with Crippen LogP contribution in [0, 0.1) is 0 Å². The third kappa shape index (κ3) is 3.00. The fourth-order valence-electron chi connectivity index (χ4n) is 3.40. The molecule has 0 aromatic carbocycles. The molecule has 2 fully saturated rings. The first-order valence-electron chi connectivity index (χ1n) is 8.87. The summed E-state index contributed by atoms with van der Waals surface area (Å²) >= 11 is 0. The Morgan fingerprint density at radius 3 is 2.48 bits per heavy atom. The average molecular weight is 379 g/mol. The second-order valence-electron chi connectivity index (χ2n) is 7.01. The standard InChI is InChI=1S/C16H16F3N7O/c17-16(18,19)15-22-21-11-3-4-12(23-26(11)15)25-7-5-9(6-8-25)13-20-14(27-24-13)10-1-2-10/h3-4,9-10H,1-2,5-8H2. The molecule has 0 spiro atoms. The third-order valence-corrected chi connectivity index (χ3v) is 5.07. The van der Waals surface area contributed by atoms with Gasteiger partial charge in [0.05, 0.1) is 0 Å². The van der Waals surface area contributed by atoms with Crippen LogP contribution in [0.2, 0.25) is 0 Å². The summed E-state index contributed by atoms with van der Waals surface area (Å²) in [6.07, 6.45) is -0.806. The van der Waals surface area contributed by atoms with Gasteiger partial charge in [0.25, 0.3) is 5.82 Å². The quantitative estimate of drug-likeness (QED) is 0.692. The van der Waals surface area contributed by atoms with Gasteiger partial charge in [0.1, 0.15) is 5.82 Å². The normalized spacial score (nSPS) is 19.1. The topological polar surface area (TPSA) is 85.2 Å². The number of halogens is 3. The summed E-state index contributed by atoms with van der Waals surface area (Å²) in [5.74, 6) is 1.44. The van der Waals surface area contributed by atoms with Gasteiger partial charge in [0.2, 0.25) is 5.89 Å². The van der Waals surface area contributed by atoms with Crippen molar-refractivity contribution < 1.29 is 17.7 Å². The molecule has 8 nitrogen and oxygen atoms in total. The van der Waals surface area contributed by atoms with Gasteiger partial charge in [-0.1, -0.05) is 5.16 Å². The zero-order chi connectivity index (χ0) is 18.6. The van der Waals surface area contributed by atoms with Crippen molar-refractivity contribution in [1.82, 2.24) is 30.0 Å². The maximum absolute atomic E-state index is 13.0. The van der Waals surface area contributed by atoms with Gasteiger partial charge in [-0.25, -0.2) is 0 Å². The minimum atomic E-state index is -4.60. The van der Waals surface area contributed by atoms with Crippen LogP contribution in [-0.4, -0.2) is 43.0 Å². The molecule has 1 aliphatic carbocycles. The smallest absolute Gasteiger partial charge is 0.355 e. The Balaban J connectivity index is 1.32. The van der Waals surface area contributed by atoms with Gasteiger partial charge in [0, 0.05) is 24.9 Å². The summed E-state index contributed by atoms with van der Waals surface area (Å²) in [6, 6.07) is 3.17. The summed E-state index contributed by atoms with van der Waals surface area (Å²) in [5, 5.41) is 14.9. The molecule has 0 amide bonds. The highest BCUT2D eigenvalue weighted by Crippen LogP contribution is 2.40. The Labute approximate surface area is 151 Å². The van der Waals surface area contributed by atoms with Crippen LogP contribution in [0.5, 0.6) is 0 Å². The van der Waals surface area contributed by atoms with E-state index in [0.717, 1.165) is 41.9 Å². The molecular formula is C16H16F3N7O. The molecule has 0 bridgehead atoms. The predicted octanol–water partition coefficient (Wildman–Crippen LogP) is 2.79. The zero-order valence-corrected chi connectivity index (χ0v) is 14.2. The Morgan fingerprint density at radius 2 is 1.78 bits per heavy atom. The van der Waals surface area contributed by atoms with Crippen LogP contribution in [0.1, 0.15) is 55.1 Å². The fourth-order valence-corrected chi connectivity index (χ4v) is 3.40. The first-order valence-corrected chi connectivity index (χ1v) is 8.87. The molecule has 0 radical (unpaired) electrons. The molecule has 3 aromatic heterocycles. The number of hydrogen-bond donors (Lipinski definition) is 0. The number of alkyl halides is 3. The molecule has 0 N–H and O–H groups in total. The Kier molecular flexibility index (Phi) is 3.59. The Bertz CT molecular complexity index is 970. The molecule has 1 saturated heterocycles. The number of nitrogens with zero attached hydrogens (tertiary/aromatic N) is 7. The third-order valence-electron chi connectivity index (χ3n) is 5.07. The van der Waals surface area contributed by atoms with Gasteiger partial charge < -0.3 is 9.42 Å². The van der Waals surface area contributed by atoms with Crippen LogP contribution in [0.25, 0.3) is 5.65 Å². The van der Waals surface area contributed by atoms with Crippen molar-refractivity contribution in [3.05, 3.63) is 29.7 Å². The zero-order valence-electron chi connectivity index (χ0n) is 14.2. The van der Waals surface area contributed by atoms with Crippen LogP contribution in [0.3, 0.4) is 0 Å². The summed E-state index contributed by atoms with van der Waals surface area (Å²) < 4.78 is 45.2. The molecule has 3 aromatic rings. The Morgan fingerprint density at radius 1 is 1.00 bits per heavy atom. The minimum absolute atomic E-state index is 0.0698. The minimum Gasteiger partial charge on any atom is -0.355 e. The van der Waals surface area contributed by atoms with Crippen molar-refractivity contribution in [2.75, 3.05) is 18.0 Å². The lowest BCUT2D eigenvalue weighted by Gasteiger charge is -2.31. The molecule has 0 unspecified atom stereocenters. The van der Waals surface area contributed by atoms with Gasteiger partial charge in [-0.3, -0.25) is 0 Å². The molecule has 4 heterocycles. The van der Waals surface area contributed by atoms with Crippen molar-refractivity contribution in [2.45, 2.75) is 43.7 Å². The van der Waals surface area contributed by atoms with Crippen molar-refractivity contribution in [1.29, 1.82) is 0 Å². The van der Waals surface area contributed by atoms with Crippen molar-refractivity contribution in [3.8, 4) is 0 Å². The van der Waals surface area contributed by atoms with Gasteiger partial charge in [-0.2, -0.15) is 22.7 Å². The maximum Gasteiger partial charge on any atom is 0.453 e. The molecule has 142 valence electrons. The van der Waals surface area contributed by atoms with Crippen LogP contribution in [-0.2, 0) is 6.18 Å². The lowest BCUT2D eigenvalue weighted by molar-refractivity contribution is -0.146. The van der Waals surface area contributed by atoms with E-state index in [4.69, 9.17) is 4.52 Å². The molecule has 11 heteroatoms. The fraction of sp³-hybridized carbons (Fsp3) is 0.562. The summed E-state index contributed by atoms with van der Waals surface area (Å²) in [6.45, 7) is 1.31. The van der Waals surface area contributed by atoms with Crippen LogP contribution >= 0.6 is 0 Å². The van der Waals surface area contributed by atoms with E-state index in [-0.39, 0.29) is 11.6 Å². The highest BCUT2D eigenvalue weighted by atomic mass is 19.4. The van der Waals surface area contributed by atoms with E-state index in [1.165, 1.54) is 6.07 Å². The molecular weight excluding hydrogens is 363 g/mol. The number of hydrogen-bond acceptors (Lipinski definition) is 7. The van der Waals surface area contributed by atoms with Gasteiger partial charge in [-0.05, 0) is 37.8 Å². The number of anilines is 1. The van der Waals surface area contributed by atoms with Gasteiger partial charge >= 0.3 is 6.18 Å². The van der Waals surface area contributed by atoms with Gasteiger partial charge in [-0.15, -0.1) is 15.3 Å². The molecule has 27 heavy (non-hydrogen) atoms. The average Bonchev–Trinajstić information content (AvgIpc) is 3.22. The van der Waals surface area contributed by atoms with Crippen molar-refractivity contribution >= 4 is 11.5 Å². The highest BCUT2D eigenvalue weighted by Gasteiger charge is 2.38. The summed E-state index contributed by atoms with van der Waals surface area (Å²) in [4.78, 5) is 6.47. The summed E-state index contributed by atoms with van der Waals surface area (Å²) in [7, 11) is 0. The lowest BCUT2D eigenvalue weighted by Crippen LogP contribution is -2.34. The molecule has 1 aliphatic heterocycles. The van der Waals surface area contributed by atoms with Crippen LogP contribution in [0.15, 0.2) is 16.7 Å². The van der Waals surface area contributed by atoms with Crippen LogP contribution in [0.4, 0.5) is 19.0 Å². The second kappa shape index (κ2) is 5.89. The van der Waals surface area contributed by atoms with Gasteiger partial charge in [0.15, 0.2) is 11.5 Å². The highest BCUT2D eigenvalue weighted by molar-refractivity contribution is 5.46. The molecule has 5 rings (SSSR count). The predicted molar refractivity (Wildman–Crippen MR) is 86.2 cm³/mol. The molecule has 1 saturated carbocycles. The number of rotatable bonds is 3. The number of piperidine rings is 1. The van der Waals surface area contributed by atoms with E-state index in [1.54, 1.807) is 6.07 Å². The Hall–Kier alpha value is -2.72. The number of fused-ring (bicyclic) bond motifs is 1. The van der Waals surface area contributed by atoms with E-state index in [9.17, 15) is 13.2 Å². The number of aromatic nitrogens is 6. The lowest BCUT2D eigenvalue weighted by atomic mass is 9.96. The van der Waals surface area contributed by atoms with Crippen molar-refractivity contribution in [2.24, 2.45) is 0 Å². The molecule has 0 atom stereocenters. The SMILES string of the molecule is FC(F)(F)c1nnc2ccc(N3CCC(c4noc(C5CC5)n4)CC3)nn12. The van der Waals surface area contributed by atoms with E-state index in [2.05, 4.69) is 25.4 Å². The first kappa shape index (κ1) is 16.5. The monoisotopic (exact) mass is 379 g/mol. The van der Waals surface area contributed by atoms with E-state index in [1.807, 2.05) is 4.90 Å². The summed E-state index contributed by atoms with van der Waals surface area (Å²) in [5.41, 5.74) is 0.0698. The first-order chi connectivity index (χ1) is 13.0. The van der Waals surface area contributed by atoms with E-state index >= 15 is 0 Å².